The molecule has 1 aromatic rings. The Morgan fingerprint density at radius 2 is 1.76 bits per heavy atom. The summed E-state index contributed by atoms with van der Waals surface area (Å²) >= 11 is 0. The van der Waals surface area contributed by atoms with Crippen LogP contribution in [0.4, 0.5) is 16.2 Å². The molecule has 242 valence electrons. The van der Waals surface area contributed by atoms with Crippen LogP contribution in [0.2, 0.25) is 0 Å². The Labute approximate surface area is 259 Å². The first-order valence-electron chi connectivity index (χ1n) is 14.0. The van der Waals surface area contributed by atoms with E-state index in [0.29, 0.717) is 5.69 Å². The van der Waals surface area contributed by atoms with Crippen molar-refractivity contribution in [1.82, 2.24) is 4.90 Å². The molecule has 15 heteroatoms. The van der Waals surface area contributed by atoms with E-state index in [1.165, 1.54) is 25.1 Å². The Bertz CT molecular complexity index is 1650. The molecule has 1 saturated carbocycles. The lowest BCUT2D eigenvalue weighted by Crippen LogP contribution is -2.80. The summed E-state index contributed by atoms with van der Waals surface area (Å²) in [5.74, 6) is -6.35. The zero-order valence-electron chi connectivity index (χ0n) is 26.2. The number of nitrogens with two attached hydrogens (primary N) is 3. The summed E-state index contributed by atoms with van der Waals surface area (Å²) in [5.41, 5.74) is 10.7. The number of benzene rings is 1. The number of Topliss-reactive ketones (excluding diaryl/α,β-unsaturated/α-hetero) is 2. The summed E-state index contributed by atoms with van der Waals surface area (Å²) in [5, 5.41) is 47.5. The second-order valence-electron chi connectivity index (χ2n) is 13.6. The molecule has 0 aliphatic heterocycles. The van der Waals surface area contributed by atoms with E-state index in [1.807, 2.05) is 20.8 Å². The number of aliphatic hydroxyl groups is 2. The number of carbonyl (C=O) groups excluding carboxylic acids is 4. The molecule has 1 aromatic carbocycles. The van der Waals surface area contributed by atoms with Gasteiger partial charge >= 0.3 is 6.09 Å². The summed E-state index contributed by atoms with van der Waals surface area (Å²) in [4.78, 5) is 56.0. The van der Waals surface area contributed by atoms with E-state index in [2.05, 4.69) is 5.32 Å². The molecule has 3 aliphatic carbocycles. The second-order valence-corrected chi connectivity index (χ2v) is 13.6. The van der Waals surface area contributed by atoms with E-state index in [9.17, 15) is 39.8 Å². The van der Waals surface area contributed by atoms with Crippen molar-refractivity contribution < 1.29 is 39.2 Å². The molecule has 0 bridgehead atoms. The van der Waals surface area contributed by atoms with E-state index in [0.717, 1.165) is 0 Å². The number of hydrogen-bond acceptors (Lipinski definition) is 13. The van der Waals surface area contributed by atoms with Crippen molar-refractivity contribution in [2.24, 2.45) is 28.0 Å². The van der Waals surface area contributed by atoms with Gasteiger partial charge in [0.25, 0.3) is 5.91 Å². The predicted octanol–water partition coefficient (Wildman–Crippen LogP) is 0.566. The molecule has 0 unspecified atom stereocenters. The quantitative estimate of drug-likeness (QED) is 0.175. The van der Waals surface area contributed by atoms with Gasteiger partial charge in [-0.05, 0) is 44.0 Å². The van der Waals surface area contributed by atoms with Crippen LogP contribution in [0, 0.1) is 22.2 Å². The van der Waals surface area contributed by atoms with Gasteiger partial charge in [-0.15, -0.1) is 0 Å². The molecule has 4 atom stereocenters. The molecule has 4 rings (SSSR count). The van der Waals surface area contributed by atoms with E-state index in [4.69, 9.17) is 21.9 Å². The average molecular weight is 626 g/mol. The van der Waals surface area contributed by atoms with Gasteiger partial charge in [0.2, 0.25) is 0 Å². The minimum Gasteiger partial charge on any atom is -0.509 e. The van der Waals surface area contributed by atoms with E-state index < -0.39 is 80.9 Å². The second kappa shape index (κ2) is 10.5. The fourth-order valence-electron chi connectivity index (χ4n) is 6.80. The Morgan fingerprint density at radius 1 is 1.16 bits per heavy atom. The SMILES string of the molecule is CN(C)c1cc(NC(=O)OCC(C)(C)C)c(O)c2c1C[C@@]1(N)C[C@@]3(N)[C@H](N(C)C)C(=O)C(C(N)=O)=C(O)[C@@]3(C#N)C(=O)C1=C2O. The lowest BCUT2D eigenvalue weighted by molar-refractivity contribution is -0.139. The van der Waals surface area contributed by atoms with Crippen LogP contribution in [-0.2, 0) is 25.5 Å². The van der Waals surface area contributed by atoms with Gasteiger partial charge in [0, 0.05) is 19.8 Å². The molecule has 0 heterocycles. The normalized spacial score (nSPS) is 27.8. The molecule has 0 aromatic heterocycles. The van der Waals surface area contributed by atoms with E-state index >= 15 is 0 Å². The van der Waals surface area contributed by atoms with Gasteiger partial charge in [-0.3, -0.25) is 24.6 Å². The van der Waals surface area contributed by atoms with Crippen molar-refractivity contribution in [1.29, 1.82) is 5.26 Å². The number of nitriles is 1. The molecule has 45 heavy (non-hydrogen) atoms. The van der Waals surface area contributed by atoms with Gasteiger partial charge in [-0.2, -0.15) is 5.26 Å². The van der Waals surface area contributed by atoms with Crippen LogP contribution in [0.1, 0.15) is 38.3 Å². The summed E-state index contributed by atoms with van der Waals surface area (Å²) in [7, 11) is 6.22. The van der Waals surface area contributed by atoms with Crippen LogP contribution in [0.3, 0.4) is 0 Å². The third-order valence-corrected chi connectivity index (χ3v) is 8.58. The van der Waals surface area contributed by atoms with Crippen molar-refractivity contribution in [2.45, 2.75) is 50.7 Å². The Kier molecular flexibility index (Phi) is 7.73. The zero-order valence-corrected chi connectivity index (χ0v) is 26.2. The fraction of sp³-hybridized carbons (Fsp3) is 0.500. The lowest BCUT2D eigenvalue weighted by atomic mass is 9.47. The van der Waals surface area contributed by atoms with E-state index in [1.54, 1.807) is 25.1 Å². The number of phenols is 1. The van der Waals surface area contributed by atoms with Crippen molar-refractivity contribution in [3.05, 3.63) is 34.1 Å². The zero-order chi connectivity index (χ0) is 34.2. The van der Waals surface area contributed by atoms with Gasteiger partial charge in [0.15, 0.2) is 22.7 Å². The third-order valence-electron chi connectivity index (χ3n) is 8.58. The average Bonchev–Trinajstić information content (AvgIpc) is 2.87. The smallest absolute Gasteiger partial charge is 0.411 e. The monoisotopic (exact) mass is 625 g/mol. The minimum absolute atomic E-state index is 0.0579. The number of hydrogen-bond donors (Lipinski definition) is 7. The Hall–Kier alpha value is -4.65. The molecule has 0 radical (unpaired) electrons. The molecular weight excluding hydrogens is 586 g/mol. The number of anilines is 2. The molecule has 0 spiro atoms. The topological polar surface area (TPSA) is 259 Å². The van der Waals surface area contributed by atoms with Crippen molar-refractivity contribution >= 4 is 40.7 Å². The van der Waals surface area contributed by atoms with Crippen LogP contribution in [0.5, 0.6) is 5.75 Å². The maximum Gasteiger partial charge on any atom is 0.411 e. The standard InChI is InChI=1S/C30H39N7O8/c1-27(2,3)12-45-26(44)35-14-8-15(36(4)5)13-9-28(33)10-30(34)22(37(6)7)21(40)17(25(32)43)23(41)29(30,11-31)24(42)18(28)20(39)16(13)19(14)38/h8,22,38-39,41H,9-10,12,33-34H2,1-7H3,(H2,32,43)(H,35,44)/t22-,28-,29+,30-/m1/s1. The van der Waals surface area contributed by atoms with Crippen LogP contribution < -0.4 is 27.4 Å². The maximum atomic E-state index is 14.5. The number of amides is 2. The lowest BCUT2D eigenvalue weighted by Gasteiger charge is -2.58. The number of phenolic OH excluding ortho intramolecular Hbond substituents is 1. The molecule has 0 saturated heterocycles. The highest BCUT2D eigenvalue weighted by atomic mass is 16.5. The highest BCUT2D eigenvalue weighted by molar-refractivity contribution is 6.25. The van der Waals surface area contributed by atoms with Crippen molar-refractivity contribution in [3.63, 3.8) is 0 Å². The molecular formula is C30H39N7O8. The number of aromatic hydroxyl groups is 1. The van der Waals surface area contributed by atoms with Gasteiger partial charge in [0.05, 0.1) is 46.6 Å². The Morgan fingerprint density at radius 3 is 2.24 bits per heavy atom. The molecule has 10 N–H and O–H groups in total. The van der Waals surface area contributed by atoms with Gasteiger partial charge in [-0.25, -0.2) is 4.79 Å². The summed E-state index contributed by atoms with van der Waals surface area (Å²) in [6, 6.07) is 1.66. The largest absolute Gasteiger partial charge is 0.509 e. The number of rotatable bonds is 5. The maximum absolute atomic E-state index is 14.5. The first-order valence-corrected chi connectivity index (χ1v) is 14.0. The number of primary amides is 1. The predicted molar refractivity (Wildman–Crippen MR) is 163 cm³/mol. The van der Waals surface area contributed by atoms with Gasteiger partial charge in [-0.1, -0.05) is 20.8 Å². The third kappa shape index (κ3) is 4.68. The van der Waals surface area contributed by atoms with Gasteiger partial charge < -0.3 is 42.2 Å². The minimum atomic E-state index is -2.78. The summed E-state index contributed by atoms with van der Waals surface area (Å²) in [6.07, 6.45) is -1.62. The molecule has 15 nitrogen and oxygen atoms in total. The highest BCUT2D eigenvalue weighted by Crippen LogP contribution is 2.59. The molecule has 2 amide bonds. The van der Waals surface area contributed by atoms with Crippen molar-refractivity contribution in [2.75, 3.05) is 45.0 Å². The Balaban J connectivity index is 2.02. The fourth-order valence-corrected chi connectivity index (χ4v) is 6.80. The summed E-state index contributed by atoms with van der Waals surface area (Å²) in [6.45, 7) is 5.63. The number of fused-ring (bicyclic) bond motifs is 3. The molecule has 3 aliphatic rings. The highest BCUT2D eigenvalue weighted by Gasteiger charge is 2.74. The first kappa shape index (κ1) is 33.2. The number of ketones is 2. The number of nitrogens with one attached hydrogen (secondary N) is 1. The summed E-state index contributed by atoms with van der Waals surface area (Å²) < 4.78 is 5.26. The van der Waals surface area contributed by atoms with E-state index in [-0.39, 0.29) is 35.3 Å². The van der Waals surface area contributed by atoms with Crippen LogP contribution in [-0.4, -0.2) is 95.7 Å². The number of aliphatic hydroxyl groups excluding tert-OH is 2. The number of carbonyl (C=O) groups is 4. The van der Waals surface area contributed by atoms with Gasteiger partial charge in [0.1, 0.15) is 17.1 Å². The number of ether oxygens (including phenoxy) is 1. The number of likely N-dealkylation sites (N-methyl/N-ethyl adjacent to an activating group) is 1. The van der Waals surface area contributed by atoms with Crippen LogP contribution >= 0.6 is 0 Å². The van der Waals surface area contributed by atoms with Crippen LogP contribution in [0.15, 0.2) is 23.0 Å². The molecule has 1 fully saturated rings. The van der Waals surface area contributed by atoms with Crippen LogP contribution in [0.25, 0.3) is 5.76 Å². The first-order chi connectivity index (χ1) is 20.6. The number of nitrogens with zero attached hydrogens (tertiary/aromatic N) is 3. The van der Waals surface area contributed by atoms with Crippen molar-refractivity contribution in [3.8, 4) is 11.8 Å².